The minimum atomic E-state index is -0.653. The molecule has 0 aliphatic heterocycles. The van der Waals surface area contributed by atoms with Gasteiger partial charge in [-0.15, -0.1) is 0 Å². The van der Waals surface area contributed by atoms with Crippen molar-refractivity contribution in [2.45, 2.75) is 6.67 Å². The van der Waals surface area contributed by atoms with E-state index >= 15 is 0 Å². The molecule has 3 nitrogen and oxygen atoms in total. The summed E-state index contributed by atoms with van der Waals surface area (Å²) in [7, 11) is 0. The lowest BCUT2D eigenvalue weighted by molar-refractivity contribution is 0.476. The van der Waals surface area contributed by atoms with Gasteiger partial charge in [0, 0.05) is 12.4 Å². The van der Waals surface area contributed by atoms with Gasteiger partial charge in [0.1, 0.15) is 18.2 Å². The number of halogens is 1. The Bertz CT molecular complexity index is 201. The molecule has 0 aliphatic carbocycles. The number of nitrogens with zero attached hydrogens (tertiary/aromatic N) is 2. The maximum atomic E-state index is 11.8. The van der Waals surface area contributed by atoms with Crippen LogP contribution in [0.2, 0.25) is 0 Å². The molecular formula is C5H6FN3. The summed E-state index contributed by atoms with van der Waals surface area (Å²) < 4.78 is 11.8. The molecule has 0 spiro atoms. The highest BCUT2D eigenvalue weighted by molar-refractivity contribution is 5.31. The average Bonchev–Trinajstić information content (AvgIpc) is 1.89. The standard InChI is InChI=1S/C5H6FN3/c6-3-4-5(7)9-2-1-8-4/h1-2H,3H2,(H2,7,9). The molecule has 1 rings (SSSR count). The molecule has 0 saturated heterocycles. The SMILES string of the molecule is Nc1nccnc1CF. The highest BCUT2D eigenvalue weighted by Gasteiger charge is 1.96. The van der Waals surface area contributed by atoms with Gasteiger partial charge in [-0.05, 0) is 0 Å². The molecule has 9 heavy (non-hydrogen) atoms. The minimum Gasteiger partial charge on any atom is -0.382 e. The summed E-state index contributed by atoms with van der Waals surface area (Å²) in [5.41, 5.74) is 5.42. The van der Waals surface area contributed by atoms with E-state index in [-0.39, 0.29) is 11.5 Å². The Morgan fingerprint density at radius 3 is 2.56 bits per heavy atom. The van der Waals surface area contributed by atoms with E-state index in [1.54, 1.807) is 0 Å². The third-order valence-electron chi connectivity index (χ3n) is 0.933. The maximum Gasteiger partial charge on any atom is 0.147 e. The van der Waals surface area contributed by atoms with Crippen molar-refractivity contribution >= 4 is 5.82 Å². The van der Waals surface area contributed by atoms with E-state index in [0.717, 1.165) is 0 Å². The zero-order valence-corrected chi connectivity index (χ0v) is 4.71. The molecule has 1 aromatic rings. The molecule has 0 atom stereocenters. The van der Waals surface area contributed by atoms with Crippen molar-refractivity contribution in [3.05, 3.63) is 18.1 Å². The van der Waals surface area contributed by atoms with Gasteiger partial charge in [0.15, 0.2) is 0 Å². The van der Waals surface area contributed by atoms with Gasteiger partial charge in [0.2, 0.25) is 0 Å². The number of rotatable bonds is 1. The van der Waals surface area contributed by atoms with Gasteiger partial charge < -0.3 is 5.73 Å². The summed E-state index contributed by atoms with van der Waals surface area (Å²) in [6.07, 6.45) is 2.83. The van der Waals surface area contributed by atoms with Crippen LogP contribution in [0.25, 0.3) is 0 Å². The lowest BCUT2D eigenvalue weighted by atomic mass is 10.4. The number of nitrogens with two attached hydrogens (primary N) is 1. The first-order valence-corrected chi connectivity index (χ1v) is 2.46. The van der Waals surface area contributed by atoms with Crippen LogP contribution in [0, 0.1) is 0 Å². The number of hydrogen-bond acceptors (Lipinski definition) is 3. The van der Waals surface area contributed by atoms with Crippen LogP contribution in [0.1, 0.15) is 5.69 Å². The van der Waals surface area contributed by atoms with Gasteiger partial charge in [-0.3, -0.25) is 4.98 Å². The van der Waals surface area contributed by atoms with Gasteiger partial charge in [-0.1, -0.05) is 0 Å². The molecule has 0 unspecified atom stereocenters. The third kappa shape index (κ3) is 1.13. The molecule has 1 heterocycles. The van der Waals surface area contributed by atoms with Crippen molar-refractivity contribution < 1.29 is 4.39 Å². The molecule has 0 aliphatic rings. The van der Waals surface area contributed by atoms with Gasteiger partial charge in [0.05, 0.1) is 0 Å². The highest BCUT2D eigenvalue weighted by atomic mass is 19.1. The summed E-state index contributed by atoms with van der Waals surface area (Å²) in [6, 6.07) is 0. The van der Waals surface area contributed by atoms with Crippen molar-refractivity contribution in [1.29, 1.82) is 0 Å². The Hall–Kier alpha value is -1.19. The van der Waals surface area contributed by atoms with Gasteiger partial charge in [0.25, 0.3) is 0 Å². The van der Waals surface area contributed by atoms with Gasteiger partial charge >= 0.3 is 0 Å². The number of anilines is 1. The van der Waals surface area contributed by atoms with E-state index in [1.165, 1.54) is 12.4 Å². The van der Waals surface area contributed by atoms with Crippen molar-refractivity contribution in [2.75, 3.05) is 5.73 Å². The van der Waals surface area contributed by atoms with Crippen molar-refractivity contribution in [3.8, 4) is 0 Å². The second kappa shape index (κ2) is 2.39. The van der Waals surface area contributed by atoms with Crippen LogP contribution in [-0.2, 0) is 6.67 Å². The fourth-order valence-corrected chi connectivity index (χ4v) is 0.481. The number of aromatic nitrogens is 2. The normalized spacial score (nSPS) is 9.44. The molecule has 4 heteroatoms. The molecule has 48 valence electrons. The Kier molecular flexibility index (Phi) is 1.58. The summed E-state index contributed by atoms with van der Waals surface area (Å²) in [4.78, 5) is 7.26. The molecule has 1 aromatic heterocycles. The maximum absolute atomic E-state index is 11.8. The quantitative estimate of drug-likeness (QED) is 0.598. The summed E-state index contributed by atoms with van der Waals surface area (Å²) >= 11 is 0. The molecule has 0 fully saturated rings. The van der Waals surface area contributed by atoms with E-state index in [1.807, 2.05) is 0 Å². The molecule has 0 amide bonds. The summed E-state index contributed by atoms with van der Waals surface area (Å²) in [6.45, 7) is -0.653. The largest absolute Gasteiger partial charge is 0.382 e. The van der Waals surface area contributed by atoms with Crippen molar-refractivity contribution in [1.82, 2.24) is 9.97 Å². The number of alkyl halides is 1. The summed E-state index contributed by atoms with van der Waals surface area (Å²) in [5.74, 6) is 0.167. The van der Waals surface area contributed by atoms with E-state index in [9.17, 15) is 4.39 Å². The van der Waals surface area contributed by atoms with Gasteiger partial charge in [-0.25, -0.2) is 9.37 Å². The fraction of sp³-hybridized carbons (Fsp3) is 0.200. The van der Waals surface area contributed by atoms with Crippen molar-refractivity contribution in [2.24, 2.45) is 0 Å². The van der Waals surface area contributed by atoms with Crippen LogP contribution in [0.15, 0.2) is 12.4 Å². The molecule has 0 saturated carbocycles. The number of hydrogen-bond donors (Lipinski definition) is 1. The van der Waals surface area contributed by atoms with E-state index in [4.69, 9.17) is 5.73 Å². The molecule has 0 bridgehead atoms. The van der Waals surface area contributed by atoms with Crippen LogP contribution in [0.3, 0.4) is 0 Å². The van der Waals surface area contributed by atoms with Crippen LogP contribution in [-0.4, -0.2) is 9.97 Å². The first kappa shape index (κ1) is 5.94. The number of nitrogen functional groups attached to an aromatic ring is 1. The predicted octanol–water partition coefficient (Wildman–Crippen LogP) is 0.528. The Morgan fingerprint density at radius 1 is 1.44 bits per heavy atom. The lowest BCUT2D eigenvalue weighted by Crippen LogP contribution is -1.97. The predicted molar refractivity (Wildman–Crippen MR) is 31.3 cm³/mol. The van der Waals surface area contributed by atoms with Crippen LogP contribution in [0.4, 0.5) is 10.2 Å². The van der Waals surface area contributed by atoms with E-state index in [0.29, 0.717) is 0 Å². The third-order valence-corrected chi connectivity index (χ3v) is 0.933. The second-order valence-electron chi connectivity index (χ2n) is 1.52. The lowest BCUT2D eigenvalue weighted by Gasteiger charge is -1.94. The van der Waals surface area contributed by atoms with E-state index in [2.05, 4.69) is 9.97 Å². The fourth-order valence-electron chi connectivity index (χ4n) is 0.481. The zero-order valence-electron chi connectivity index (χ0n) is 4.71. The first-order chi connectivity index (χ1) is 4.34. The second-order valence-corrected chi connectivity index (χ2v) is 1.52. The van der Waals surface area contributed by atoms with Crippen LogP contribution < -0.4 is 5.73 Å². The molecule has 2 N–H and O–H groups in total. The highest BCUT2D eigenvalue weighted by Crippen LogP contribution is 2.02. The molecular weight excluding hydrogens is 121 g/mol. The smallest absolute Gasteiger partial charge is 0.147 e. The average molecular weight is 127 g/mol. The molecule has 0 aromatic carbocycles. The van der Waals surface area contributed by atoms with Gasteiger partial charge in [-0.2, -0.15) is 0 Å². The Labute approximate surface area is 51.7 Å². The Morgan fingerprint density at radius 2 is 2.11 bits per heavy atom. The Balaban J connectivity index is 3.01. The van der Waals surface area contributed by atoms with Crippen LogP contribution in [0.5, 0.6) is 0 Å². The van der Waals surface area contributed by atoms with E-state index < -0.39 is 6.67 Å². The first-order valence-electron chi connectivity index (χ1n) is 2.46. The molecule has 0 radical (unpaired) electrons. The minimum absolute atomic E-state index is 0.167. The van der Waals surface area contributed by atoms with Crippen molar-refractivity contribution in [3.63, 3.8) is 0 Å². The monoisotopic (exact) mass is 127 g/mol. The summed E-state index contributed by atoms with van der Waals surface area (Å²) in [5, 5.41) is 0. The zero-order chi connectivity index (χ0) is 6.69. The topological polar surface area (TPSA) is 51.8 Å². The van der Waals surface area contributed by atoms with Crippen LogP contribution >= 0.6 is 0 Å².